The second-order valence-corrected chi connectivity index (χ2v) is 5.20. The summed E-state index contributed by atoms with van der Waals surface area (Å²) in [6, 6.07) is 12.3. The number of rotatable bonds is 3. The first kappa shape index (κ1) is 12.6. The quantitative estimate of drug-likeness (QED) is 0.782. The van der Waals surface area contributed by atoms with Gasteiger partial charge in [0, 0.05) is 20.8 Å². The van der Waals surface area contributed by atoms with Crippen molar-refractivity contribution in [1.82, 2.24) is 0 Å². The van der Waals surface area contributed by atoms with Crippen LogP contribution in [-0.4, -0.2) is 0 Å². The number of nitrogens with one attached hydrogen (secondary N) is 1. The minimum absolute atomic E-state index is 0.216. The highest BCUT2D eigenvalue weighted by molar-refractivity contribution is 14.1. The minimum Gasteiger partial charge on any atom is -0.380 e. The van der Waals surface area contributed by atoms with Crippen LogP contribution >= 0.6 is 34.2 Å². The normalized spacial score (nSPS) is 10.3. The highest BCUT2D eigenvalue weighted by Crippen LogP contribution is 2.20. The summed E-state index contributed by atoms with van der Waals surface area (Å²) in [5.74, 6) is -0.216. The molecule has 0 spiro atoms. The number of hydrogen-bond donors (Lipinski definition) is 1. The van der Waals surface area contributed by atoms with Crippen LogP contribution in [0.2, 0.25) is 5.02 Å². The van der Waals surface area contributed by atoms with E-state index >= 15 is 0 Å². The second kappa shape index (κ2) is 5.69. The molecular weight excluding hydrogens is 352 g/mol. The summed E-state index contributed by atoms with van der Waals surface area (Å²) in [4.78, 5) is 0. The molecule has 0 heterocycles. The van der Waals surface area contributed by atoms with E-state index in [9.17, 15) is 4.39 Å². The first-order valence-electron chi connectivity index (χ1n) is 5.08. The summed E-state index contributed by atoms with van der Waals surface area (Å²) < 4.78 is 13.8. The van der Waals surface area contributed by atoms with Crippen molar-refractivity contribution >= 4 is 39.9 Å². The molecule has 2 aromatic rings. The lowest BCUT2D eigenvalue weighted by atomic mass is 10.2. The van der Waals surface area contributed by atoms with Crippen LogP contribution in [0.15, 0.2) is 42.5 Å². The van der Waals surface area contributed by atoms with Gasteiger partial charge in [-0.1, -0.05) is 23.7 Å². The van der Waals surface area contributed by atoms with Gasteiger partial charge >= 0.3 is 0 Å². The van der Waals surface area contributed by atoms with E-state index in [2.05, 4.69) is 27.9 Å². The number of hydrogen-bond acceptors (Lipinski definition) is 1. The molecule has 0 unspecified atom stereocenters. The van der Waals surface area contributed by atoms with Crippen molar-refractivity contribution < 1.29 is 4.39 Å². The van der Waals surface area contributed by atoms with Gasteiger partial charge in [-0.25, -0.2) is 4.39 Å². The number of anilines is 1. The maximum Gasteiger partial charge on any atom is 0.124 e. The molecule has 0 atom stereocenters. The van der Waals surface area contributed by atoms with Crippen LogP contribution in [0.5, 0.6) is 0 Å². The maximum absolute atomic E-state index is 12.9. The van der Waals surface area contributed by atoms with E-state index in [0.29, 0.717) is 6.54 Å². The van der Waals surface area contributed by atoms with Gasteiger partial charge in [0.15, 0.2) is 0 Å². The van der Waals surface area contributed by atoms with Crippen molar-refractivity contribution in [3.63, 3.8) is 0 Å². The van der Waals surface area contributed by atoms with Crippen molar-refractivity contribution in [2.75, 3.05) is 5.32 Å². The van der Waals surface area contributed by atoms with Crippen LogP contribution in [0.1, 0.15) is 5.56 Å². The van der Waals surface area contributed by atoms with Crippen LogP contribution in [-0.2, 0) is 6.54 Å². The Morgan fingerprint density at radius 1 is 1.12 bits per heavy atom. The summed E-state index contributed by atoms with van der Waals surface area (Å²) >= 11 is 7.92. The second-order valence-electron chi connectivity index (χ2n) is 3.60. The van der Waals surface area contributed by atoms with Gasteiger partial charge < -0.3 is 5.32 Å². The third kappa shape index (κ3) is 3.57. The Labute approximate surface area is 118 Å². The highest BCUT2D eigenvalue weighted by atomic mass is 127. The maximum atomic E-state index is 12.9. The number of halogens is 3. The third-order valence-corrected chi connectivity index (χ3v) is 3.47. The average Bonchev–Trinajstić information content (AvgIpc) is 2.30. The molecule has 17 heavy (non-hydrogen) atoms. The zero-order chi connectivity index (χ0) is 12.3. The van der Waals surface area contributed by atoms with Crippen LogP contribution in [0, 0.1) is 9.39 Å². The third-order valence-electron chi connectivity index (χ3n) is 2.33. The molecule has 0 amide bonds. The Morgan fingerprint density at radius 2 is 1.82 bits per heavy atom. The molecule has 2 aromatic carbocycles. The summed E-state index contributed by atoms with van der Waals surface area (Å²) in [6.07, 6.45) is 0. The first-order chi connectivity index (χ1) is 8.15. The fourth-order valence-corrected chi connectivity index (χ4v) is 2.23. The van der Waals surface area contributed by atoms with E-state index in [4.69, 9.17) is 11.6 Å². The molecule has 2 rings (SSSR count). The summed E-state index contributed by atoms with van der Waals surface area (Å²) in [6.45, 7) is 0.693. The summed E-state index contributed by atoms with van der Waals surface area (Å²) in [5.41, 5.74) is 2.07. The van der Waals surface area contributed by atoms with Gasteiger partial charge in [0.2, 0.25) is 0 Å². The van der Waals surface area contributed by atoms with Crippen LogP contribution < -0.4 is 5.32 Å². The lowest BCUT2D eigenvalue weighted by molar-refractivity contribution is 0.627. The first-order valence-corrected chi connectivity index (χ1v) is 6.54. The Bertz CT molecular complexity index is 513. The molecule has 0 saturated carbocycles. The predicted molar refractivity (Wildman–Crippen MR) is 77.9 cm³/mol. The average molecular weight is 362 g/mol. The molecule has 0 bridgehead atoms. The SMILES string of the molecule is Fc1ccc(NCc2ccc(Cl)cc2)c(I)c1. The van der Waals surface area contributed by atoms with Crippen molar-refractivity contribution in [3.8, 4) is 0 Å². The van der Waals surface area contributed by atoms with Crippen LogP contribution in [0.3, 0.4) is 0 Å². The molecule has 0 radical (unpaired) electrons. The van der Waals surface area contributed by atoms with E-state index in [1.165, 1.54) is 12.1 Å². The Balaban J connectivity index is 2.04. The molecule has 0 fully saturated rings. The molecule has 0 aliphatic carbocycles. The monoisotopic (exact) mass is 361 g/mol. The molecule has 0 aromatic heterocycles. The molecule has 88 valence electrons. The van der Waals surface area contributed by atoms with Gasteiger partial charge in [-0.15, -0.1) is 0 Å². The topological polar surface area (TPSA) is 12.0 Å². The van der Waals surface area contributed by atoms with Gasteiger partial charge in [-0.2, -0.15) is 0 Å². The lowest BCUT2D eigenvalue weighted by Gasteiger charge is -2.08. The lowest BCUT2D eigenvalue weighted by Crippen LogP contribution is -2.01. The highest BCUT2D eigenvalue weighted by Gasteiger charge is 2.01. The summed E-state index contributed by atoms with van der Waals surface area (Å²) in [7, 11) is 0. The van der Waals surface area contributed by atoms with Gasteiger partial charge in [0.1, 0.15) is 5.82 Å². The molecule has 1 nitrogen and oxygen atoms in total. The smallest absolute Gasteiger partial charge is 0.124 e. The molecule has 0 saturated heterocycles. The van der Waals surface area contributed by atoms with E-state index < -0.39 is 0 Å². The standard InChI is InChI=1S/C13H10ClFIN/c14-10-3-1-9(2-4-10)8-17-13-6-5-11(15)7-12(13)16/h1-7,17H,8H2. The van der Waals surface area contributed by atoms with Gasteiger partial charge in [-0.3, -0.25) is 0 Å². The van der Waals surface area contributed by atoms with E-state index in [-0.39, 0.29) is 5.82 Å². The molecule has 0 aliphatic heterocycles. The molecule has 4 heteroatoms. The summed E-state index contributed by atoms with van der Waals surface area (Å²) in [5, 5.41) is 3.99. The van der Waals surface area contributed by atoms with Crippen molar-refractivity contribution in [2.24, 2.45) is 0 Å². The fraction of sp³-hybridized carbons (Fsp3) is 0.0769. The fourth-order valence-electron chi connectivity index (χ4n) is 1.43. The zero-order valence-corrected chi connectivity index (χ0v) is 11.8. The van der Waals surface area contributed by atoms with Gasteiger partial charge in [0.05, 0.1) is 0 Å². The minimum atomic E-state index is -0.216. The van der Waals surface area contributed by atoms with E-state index in [0.717, 1.165) is 19.8 Å². The predicted octanol–water partition coefficient (Wildman–Crippen LogP) is 4.70. The molecular formula is C13H10ClFIN. The van der Waals surface area contributed by atoms with Gasteiger partial charge in [0.25, 0.3) is 0 Å². The zero-order valence-electron chi connectivity index (χ0n) is 8.88. The Morgan fingerprint density at radius 3 is 2.47 bits per heavy atom. The van der Waals surface area contributed by atoms with E-state index in [1.54, 1.807) is 6.07 Å². The molecule has 0 aliphatic rings. The van der Waals surface area contributed by atoms with Crippen LogP contribution in [0.25, 0.3) is 0 Å². The Hall–Kier alpha value is -0.810. The van der Waals surface area contributed by atoms with Crippen molar-refractivity contribution in [3.05, 3.63) is 62.4 Å². The molecule has 1 N–H and O–H groups in total. The van der Waals surface area contributed by atoms with Gasteiger partial charge in [-0.05, 0) is 58.5 Å². The Kier molecular flexibility index (Phi) is 4.23. The van der Waals surface area contributed by atoms with Crippen molar-refractivity contribution in [1.29, 1.82) is 0 Å². The van der Waals surface area contributed by atoms with Crippen molar-refractivity contribution in [2.45, 2.75) is 6.54 Å². The number of benzene rings is 2. The largest absolute Gasteiger partial charge is 0.380 e. The van der Waals surface area contributed by atoms with E-state index in [1.807, 2.05) is 24.3 Å². The van der Waals surface area contributed by atoms with Crippen LogP contribution in [0.4, 0.5) is 10.1 Å².